The lowest BCUT2D eigenvalue weighted by Crippen LogP contribution is -2.32. The third-order valence-electron chi connectivity index (χ3n) is 4.00. The summed E-state index contributed by atoms with van der Waals surface area (Å²) in [5.74, 6) is -0.399. The quantitative estimate of drug-likeness (QED) is 0.498. The van der Waals surface area contributed by atoms with Crippen LogP contribution in [0.1, 0.15) is 17.2 Å². The fourth-order valence-corrected chi connectivity index (χ4v) is 4.17. The number of aliphatic imine (C=N–C) groups is 1. The summed E-state index contributed by atoms with van der Waals surface area (Å²) in [5.41, 5.74) is 9.73. The first-order chi connectivity index (χ1) is 12.1. The van der Waals surface area contributed by atoms with Gasteiger partial charge in [-0.15, -0.1) is 0 Å². The lowest BCUT2D eigenvalue weighted by Gasteiger charge is -2.20. The predicted octanol–water partition coefficient (Wildman–Crippen LogP) is 4.01. The molecule has 0 saturated carbocycles. The molecule has 0 aromatic heterocycles. The van der Waals surface area contributed by atoms with Crippen LogP contribution in [0.4, 0.5) is 5.69 Å². The monoisotopic (exact) mass is 372 g/mol. The van der Waals surface area contributed by atoms with Crippen molar-refractivity contribution in [2.45, 2.75) is 22.6 Å². The maximum Gasteiger partial charge on any atom is 0.335 e. The van der Waals surface area contributed by atoms with Crippen LogP contribution < -0.4 is 5.73 Å². The van der Waals surface area contributed by atoms with Gasteiger partial charge in [0.2, 0.25) is 6.08 Å². The molecule has 2 aromatic rings. The molecule has 0 fully saturated rings. The lowest BCUT2D eigenvalue weighted by atomic mass is 9.94. The number of carbonyl (C=O) groups is 1. The van der Waals surface area contributed by atoms with Crippen LogP contribution in [0.2, 0.25) is 0 Å². The van der Waals surface area contributed by atoms with Gasteiger partial charge in [-0.1, -0.05) is 18.2 Å². The molecule has 0 saturated heterocycles. The number of carbonyl (C=O) groups excluding carboxylic acids is 2. The third kappa shape index (κ3) is 3.96. The van der Waals surface area contributed by atoms with Crippen molar-refractivity contribution < 1.29 is 13.8 Å². The van der Waals surface area contributed by atoms with E-state index in [9.17, 15) is 9.59 Å². The minimum atomic E-state index is -0.656. The Bertz CT molecular complexity index is 833. The van der Waals surface area contributed by atoms with Gasteiger partial charge in [-0.25, -0.2) is 9.59 Å². The van der Waals surface area contributed by atoms with Gasteiger partial charge in [-0.2, -0.15) is 16.8 Å². The van der Waals surface area contributed by atoms with Crippen molar-refractivity contribution in [1.29, 1.82) is 0 Å². The number of hydrogen-bond acceptors (Lipinski definition) is 7. The molecule has 3 rings (SSSR count). The lowest BCUT2D eigenvalue weighted by molar-refractivity contribution is -0.134. The number of rotatable bonds is 3. The van der Waals surface area contributed by atoms with Crippen LogP contribution in [0.25, 0.3) is 11.1 Å². The molecule has 2 N–H and O–H groups in total. The Kier molecular flexibility index (Phi) is 5.60. The molecule has 5 nitrogen and oxygen atoms in total. The van der Waals surface area contributed by atoms with E-state index in [-0.39, 0.29) is 5.25 Å². The molecule has 0 aliphatic carbocycles. The normalized spacial score (nSPS) is 19.8. The molecule has 2 aromatic carbocycles. The van der Waals surface area contributed by atoms with E-state index >= 15 is 0 Å². The Hall–Kier alpha value is -2.05. The number of isocyanates is 1. The van der Waals surface area contributed by atoms with Crippen LogP contribution in [-0.2, 0) is 13.8 Å². The first-order valence-corrected chi connectivity index (χ1v) is 9.64. The smallest absolute Gasteiger partial charge is 0.335 e. The van der Waals surface area contributed by atoms with E-state index in [4.69, 9.17) is 9.92 Å². The summed E-state index contributed by atoms with van der Waals surface area (Å²) in [6.07, 6.45) is 4.05. The Morgan fingerprint density at radius 3 is 2.72 bits per heavy atom. The van der Waals surface area contributed by atoms with Crippen LogP contribution in [0.3, 0.4) is 0 Å². The first-order valence-electron chi connectivity index (χ1n) is 7.61. The fraction of sp³-hybridized carbons (Fsp3) is 0.222. The number of benzene rings is 2. The van der Waals surface area contributed by atoms with Gasteiger partial charge in [-0.05, 0) is 53.6 Å². The molecular formula is C18H16N2O3S2. The average molecular weight is 372 g/mol. The Balaban J connectivity index is 2.06. The van der Waals surface area contributed by atoms with E-state index in [1.54, 1.807) is 23.9 Å². The molecule has 25 heavy (non-hydrogen) atoms. The summed E-state index contributed by atoms with van der Waals surface area (Å²) in [4.78, 5) is 26.8. The highest BCUT2D eigenvalue weighted by atomic mass is 32.2. The molecule has 2 bridgehead atoms. The molecule has 0 radical (unpaired) electrons. The topological polar surface area (TPSA) is 81.8 Å². The van der Waals surface area contributed by atoms with E-state index in [1.807, 2.05) is 36.6 Å². The zero-order chi connectivity index (χ0) is 17.8. The van der Waals surface area contributed by atoms with Crippen LogP contribution >= 0.6 is 23.8 Å². The number of thioether (sulfide) groups is 1. The molecule has 7 heteroatoms. The van der Waals surface area contributed by atoms with Gasteiger partial charge in [0.15, 0.2) is 0 Å². The number of fused-ring (bicyclic) bond motifs is 2. The van der Waals surface area contributed by atoms with Gasteiger partial charge in [0.25, 0.3) is 0 Å². The van der Waals surface area contributed by atoms with Crippen LogP contribution in [0.5, 0.6) is 0 Å². The van der Waals surface area contributed by atoms with E-state index in [1.165, 1.54) is 6.08 Å². The van der Waals surface area contributed by atoms with E-state index in [0.717, 1.165) is 33.6 Å². The summed E-state index contributed by atoms with van der Waals surface area (Å²) in [7, 11) is 0. The highest BCUT2D eigenvalue weighted by Gasteiger charge is 2.26. The van der Waals surface area contributed by atoms with Crippen molar-refractivity contribution in [2.24, 2.45) is 10.7 Å². The molecule has 2 unspecified atom stereocenters. The fourth-order valence-electron chi connectivity index (χ4n) is 2.72. The summed E-state index contributed by atoms with van der Waals surface area (Å²) in [6.45, 7) is 0. The van der Waals surface area contributed by atoms with E-state index < -0.39 is 12.0 Å². The Morgan fingerprint density at radius 1 is 1.28 bits per heavy atom. The van der Waals surface area contributed by atoms with Crippen molar-refractivity contribution in [2.75, 3.05) is 6.26 Å². The zero-order valence-electron chi connectivity index (χ0n) is 13.5. The SMILES string of the molecule is CSC1CC(N)C(=O)OSc2ccc(-c3ccc(N=C=O)cc3)c1c2. The molecule has 128 valence electrons. The van der Waals surface area contributed by atoms with E-state index in [2.05, 4.69) is 4.99 Å². The van der Waals surface area contributed by atoms with Gasteiger partial charge in [0.05, 0.1) is 17.7 Å². The largest absolute Gasteiger partial charge is 0.385 e. The van der Waals surface area contributed by atoms with Gasteiger partial charge < -0.3 is 9.92 Å². The maximum atomic E-state index is 11.9. The number of nitrogens with two attached hydrogens (primary N) is 1. The Morgan fingerprint density at radius 2 is 2.04 bits per heavy atom. The van der Waals surface area contributed by atoms with Crippen LogP contribution in [-0.4, -0.2) is 24.3 Å². The molecule has 0 spiro atoms. The summed E-state index contributed by atoms with van der Waals surface area (Å²) in [6, 6.07) is 12.7. The van der Waals surface area contributed by atoms with Gasteiger partial charge in [0, 0.05) is 10.1 Å². The van der Waals surface area contributed by atoms with Crippen molar-refractivity contribution in [3.05, 3.63) is 48.0 Å². The highest BCUT2D eigenvalue weighted by molar-refractivity contribution is 7.98. The molecule has 0 amide bonds. The second-order valence-corrected chi connectivity index (χ2v) is 7.40. The second-order valence-electron chi connectivity index (χ2n) is 5.55. The van der Waals surface area contributed by atoms with Gasteiger partial charge in [-0.3, -0.25) is 0 Å². The number of hydrogen-bond donors (Lipinski definition) is 1. The molecule has 1 aliphatic heterocycles. The second kappa shape index (κ2) is 7.89. The average Bonchev–Trinajstić information content (AvgIpc) is 2.68. The molecule has 1 heterocycles. The summed E-state index contributed by atoms with van der Waals surface area (Å²) >= 11 is 2.70. The zero-order valence-corrected chi connectivity index (χ0v) is 15.1. The van der Waals surface area contributed by atoms with Crippen molar-refractivity contribution in [3.63, 3.8) is 0 Å². The molecule has 1 aliphatic rings. The molecular weight excluding hydrogens is 356 g/mol. The third-order valence-corrected chi connectivity index (χ3v) is 5.71. The maximum absolute atomic E-state index is 11.9. The standard InChI is InChI=1S/C18H16N2O3S2/c1-24-17-9-16(19)18(22)23-25-13-6-7-14(15(17)8-13)11-2-4-12(5-3-11)20-10-21/h2-8,16-17H,9,19H2,1H3. The van der Waals surface area contributed by atoms with Crippen molar-refractivity contribution in [1.82, 2.24) is 0 Å². The van der Waals surface area contributed by atoms with Gasteiger partial charge >= 0.3 is 5.97 Å². The number of nitrogens with zero attached hydrogens (tertiary/aromatic N) is 1. The van der Waals surface area contributed by atoms with Crippen LogP contribution in [0.15, 0.2) is 52.4 Å². The minimum absolute atomic E-state index is 0.0730. The highest BCUT2D eigenvalue weighted by Crippen LogP contribution is 2.41. The first kappa shape index (κ1) is 17.8. The van der Waals surface area contributed by atoms with Crippen LogP contribution in [0, 0.1) is 0 Å². The minimum Gasteiger partial charge on any atom is -0.385 e. The van der Waals surface area contributed by atoms with E-state index in [0.29, 0.717) is 12.1 Å². The summed E-state index contributed by atoms with van der Waals surface area (Å²) in [5, 5.41) is 0.0730. The molecule has 2 atom stereocenters. The van der Waals surface area contributed by atoms with Crippen molar-refractivity contribution in [3.8, 4) is 11.1 Å². The predicted molar refractivity (Wildman–Crippen MR) is 100 cm³/mol. The van der Waals surface area contributed by atoms with Crippen molar-refractivity contribution >= 4 is 41.5 Å². The Labute approximate surface area is 154 Å². The van der Waals surface area contributed by atoms with Gasteiger partial charge in [0.1, 0.15) is 6.04 Å². The summed E-state index contributed by atoms with van der Waals surface area (Å²) < 4.78 is 5.19.